The molecule has 0 radical (unpaired) electrons. The first-order valence-corrected chi connectivity index (χ1v) is 5.89. The number of methoxy groups -OCH3 is 1. The number of ether oxygens (including phenoxy) is 1. The average Bonchev–Trinajstić information content (AvgIpc) is 2.29. The van der Waals surface area contributed by atoms with Crippen LogP contribution in [0, 0.1) is 5.82 Å². The molecule has 0 saturated heterocycles. The van der Waals surface area contributed by atoms with Gasteiger partial charge in [0.1, 0.15) is 5.82 Å². The number of hydrogen-bond acceptors (Lipinski definition) is 3. The van der Waals surface area contributed by atoms with Crippen LogP contribution in [0.2, 0.25) is 0 Å². The van der Waals surface area contributed by atoms with Crippen molar-refractivity contribution in [2.24, 2.45) is 0 Å². The summed E-state index contributed by atoms with van der Waals surface area (Å²) in [7, 11) is 1.23. The standard InChI is InChI=1S/C11H10F4O2S/c1-17-10(16)4-5-18-9-3-2-7(6-8(9)12)11(13,14)15/h2-3,6H,4-5H2,1H3. The molecule has 2 nitrogen and oxygen atoms in total. The number of carbonyl (C=O) groups is 1. The summed E-state index contributed by atoms with van der Waals surface area (Å²) in [5.41, 5.74) is -1.03. The van der Waals surface area contributed by atoms with Gasteiger partial charge in [-0.3, -0.25) is 4.79 Å². The number of carbonyl (C=O) groups excluding carboxylic acids is 1. The minimum absolute atomic E-state index is 0.0711. The third kappa shape index (κ3) is 4.21. The molecule has 0 saturated carbocycles. The minimum atomic E-state index is -4.56. The lowest BCUT2D eigenvalue weighted by atomic mass is 10.2. The lowest BCUT2D eigenvalue weighted by Crippen LogP contribution is -2.05. The highest BCUT2D eigenvalue weighted by atomic mass is 32.2. The van der Waals surface area contributed by atoms with Gasteiger partial charge >= 0.3 is 12.1 Å². The molecule has 0 unspecified atom stereocenters. The molecule has 0 aromatic heterocycles. The molecule has 100 valence electrons. The summed E-state index contributed by atoms with van der Waals surface area (Å²) in [4.78, 5) is 10.9. The van der Waals surface area contributed by atoms with Crippen LogP contribution in [0.15, 0.2) is 23.1 Å². The van der Waals surface area contributed by atoms with E-state index in [1.807, 2.05) is 0 Å². The fourth-order valence-electron chi connectivity index (χ4n) is 1.14. The fourth-order valence-corrected chi connectivity index (χ4v) is 1.99. The van der Waals surface area contributed by atoms with Crippen LogP contribution in [0.5, 0.6) is 0 Å². The Bertz CT molecular complexity index is 432. The molecule has 1 aromatic rings. The Hall–Kier alpha value is -1.24. The van der Waals surface area contributed by atoms with Gasteiger partial charge in [-0.1, -0.05) is 0 Å². The van der Waals surface area contributed by atoms with E-state index in [1.54, 1.807) is 0 Å². The van der Waals surface area contributed by atoms with Crippen molar-refractivity contribution in [2.45, 2.75) is 17.5 Å². The fraction of sp³-hybridized carbons (Fsp3) is 0.364. The van der Waals surface area contributed by atoms with Crippen LogP contribution in [0.25, 0.3) is 0 Å². The second-order valence-corrected chi connectivity index (χ2v) is 4.45. The molecule has 0 amide bonds. The van der Waals surface area contributed by atoms with Crippen molar-refractivity contribution in [2.75, 3.05) is 12.9 Å². The van der Waals surface area contributed by atoms with Crippen molar-refractivity contribution in [1.82, 2.24) is 0 Å². The number of thioether (sulfide) groups is 1. The summed E-state index contributed by atoms with van der Waals surface area (Å²) >= 11 is 0.967. The molecule has 0 fully saturated rings. The van der Waals surface area contributed by atoms with Crippen molar-refractivity contribution in [3.8, 4) is 0 Å². The molecular weight excluding hydrogens is 272 g/mol. The molecule has 0 N–H and O–H groups in total. The topological polar surface area (TPSA) is 26.3 Å². The Balaban J connectivity index is 2.66. The zero-order valence-corrected chi connectivity index (χ0v) is 10.2. The Kier molecular flexibility index (Phi) is 5.01. The third-order valence-electron chi connectivity index (χ3n) is 2.05. The van der Waals surface area contributed by atoms with Gasteiger partial charge in [-0.15, -0.1) is 11.8 Å². The van der Waals surface area contributed by atoms with Crippen LogP contribution in [-0.2, 0) is 15.7 Å². The summed E-state index contributed by atoms with van der Waals surface area (Å²) in [6.45, 7) is 0. The molecule has 0 aliphatic rings. The van der Waals surface area contributed by atoms with E-state index < -0.39 is 23.5 Å². The number of esters is 1. The van der Waals surface area contributed by atoms with Gasteiger partial charge in [-0.2, -0.15) is 13.2 Å². The predicted molar refractivity (Wildman–Crippen MR) is 58.8 cm³/mol. The van der Waals surface area contributed by atoms with Gasteiger partial charge in [-0.25, -0.2) is 4.39 Å². The van der Waals surface area contributed by atoms with E-state index in [-0.39, 0.29) is 17.1 Å². The van der Waals surface area contributed by atoms with E-state index in [4.69, 9.17) is 0 Å². The molecule has 1 rings (SSSR count). The maximum absolute atomic E-state index is 13.3. The van der Waals surface area contributed by atoms with Crippen LogP contribution in [-0.4, -0.2) is 18.8 Å². The van der Waals surface area contributed by atoms with Crippen molar-refractivity contribution in [1.29, 1.82) is 0 Å². The van der Waals surface area contributed by atoms with Crippen LogP contribution in [0.1, 0.15) is 12.0 Å². The number of halogens is 4. The van der Waals surface area contributed by atoms with Crippen LogP contribution in [0.3, 0.4) is 0 Å². The molecule has 0 spiro atoms. The quantitative estimate of drug-likeness (QED) is 0.480. The van der Waals surface area contributed by atoms with Gasteiger partial charge in [0.25, 0.3) is 0 Å². The molecular formula is C11H10F4O2S. The minimum Gasteiger partial charge on any atom is -0.469 e. The van der Waals surface area contributed by atoms with Crippen molar-refractivity contribution in [3.05, 3.63) is 29.6 Å². The Morgan fingerprint density at radius 3 is 2.56 bits per heavy atom. The van der Waals surface area contributed by atoms with Gasteiger partial charge < -0.3 is 4.74 Å². The molecule has 0 aliphatic heterocycles. The van der Waals surface area contributed by atoms with Crippen LogP contribution >= 0.6 is 11.8 Å². The van der Waals surface area contributed by atoms with Crippen LogP contribution < -0.4 is 0 Å². The molecule has 0 bridgehead atoms. The molecule has 1 aromatic carbocycles. The summed E-state index contributed by atoms with van der Waals surface area (Å²) in [6.07, 6.45) is -4.49. The lowest BCUT2D eigenvalue weighted by molar-refractivity contribution is -0.140. The second-order valence-electron chi connectivity index (χ2n) is 3.32. The number of alkyl halides is 3. The second kappa shape index (κ2) is 6.08. The van der Waals surface area contributed by atoms with Gasteiger partial charge in [0.05, 0.1) is 19.1 Å². The number of rotatable bonds is 4. The molecule has 0 aliphatic carbocycles. The Morgan fingerprint density at radius 2 is 2.06 bits per heavy atom. The van der Waals surface area contributed by atoms with Crippen molar-refractivity contribution < 1.29 is 27.1 Å². The summed E-state index contributed by atoms with van der Waals surface area (Å²) in [5, 5.41) is 0. The highest BCUT2D eigenvalue weighted by Crippen LogP contribution is 2.32. The van der Waals surface area contributed by atoms with E-state index in [2.05, 4.69) is 4.74 Å². The summed E-state index contributed by atoms with van der Waals surface area (Å²) < 4.78 is 54.5. The SMILES string of the molecule is COC(=O)CCSc1ccc(C(F)(F)F)cc1F. The van der Waals surface area contributed by atoms with Gasteiger partial charge in [0.15, 0.2) is 0 Å². The molecule has 0 atom stereocenters. The largest absolute Gasteiger partial charge is 0.469 e. The molecule has 0 heterocycles. The maximum Gasteiger partial charge on any atom is 0.416 e. The summed E-state index contributed by atoms with van der Waals surface area (Å²) in [6, 6.07) is 2.31. The number of hydrogen-bond donors (Lipinski definition) is 0. The first kappa shape index (κ1) is 14.8. The van der Waals surface area contributed by atoms with E-state index in [1.165, 1.54) is 7.11 Å². The smallest absolute Gasteiger partial charge is 0.416 e. The molecule has 7 heteroatoms. The van der Waals surface area contributed by atoms with Gasteiger partial charge in [0, 0.05) is 10.6 Å². The van der Waals surface area contributed by atoms with E-state index in [9.17, 15) is 22.4 Å². The highest BCUT2D eigenvalue weighted by molar-refractivity contribution is 7.99. The molecule has 18 heavy (non-hydrogen) atoms. The van der Waals surface area contributed by atoms with Crippen molar-refractivity contribution >= 4 is 17.7 Å². The summed E-state index contributed by atoms with van der Waals surface area (Å²) in [5.74, 6) is -1.15. The van der Waals surface area contributed by atoms with Crippen molar-refractivity contribution in [3.63, 3.8) is 0 Å². The first-order valence-electron chi connectivity index (χ1n) is 4.91. The average molecular weight is 282 g/mol. The highest BCUT2D eigenvalue weighted by Gasteiger charge is 2.31. The normalized spacial score (nSPS) is 11.4. The van der Waals surface area contributed by atoms with Crippen LogP contribution in [0.4, 0.5) is 17.6 Å². The van der Waals surface area contributed by atoms with E-state index in [0.29, 0.717) is 6.07 Å². The zero-order valence-electron chi connectivity index (χ0n) is 9.38. The third-order valence-corrected chi connectivity index (χ3v) is 3.10. The maximum atomic E-state index is 13.3. The van der Waals surface area contributed by atoms with E-state index >= 15 is 0 Å². The zero-order chi connectivity index (χ0) is 13.8. The Morgan fingerprint density at radius 1 is 1.39 bits per heavy atom. The first-order chi connectivity index (χ1) is 8.34. The predicted octanol–water partition coefficient (Wildman–Crippen LogP) is 3.50. The monoisotopic (exact) mass is 282 g/mol. The number of benzene rings is 1. The Labute approximate surface area is 105 Å². The van der Waals surface area contributed by atoms with E-state index in [0.717, 1.165) is 23.9 Å². The van der Waals surface area contributed by atoms with Gasteiger partial charge in [-0.05, 0) is 18.2 Å². The lowest BCUT2D eigenvalue weighted by Gasteiger charge is -2.08. The van der Waals surface area contributed by atoms with Gasteiger partial charge in [0.2, 0.25) is 0 Å².